The van der Waals surface area contributed by atoms with Gasteiger partial charge in [0.15, 0.2) is 5.03 Å². The third kappa shape index (κ3) is 1.78. The van der Waals surface area contributed by atoms with E-state index in [1.807, 2.05) is 0 Å². The normalized spacial score (nSPS) is 11.7. The summed E-state index contributed by atoms with van der Waals surface area (Å²) in [5, 5.41) is 5.98. The smallest absolute Gasteiger partial charge is 0.257 e. The zero-order chi connectivity index (χ0) is 8.32. The molecule has 0 aliphatic rings. The van der Waals surface area contributed by atoms with Crippen molar-refractivity contribution in [3.05, 3.63) is 12.3 Å². The first-order valence-electron chi connectivity index (χ1n) is 3.16. The molecule has 62 valence electrons. The van der Waals surface area contributed by atoms with Gasteiger partial charge >= 0.3 is 0 Å². The Labute approximate surface area is 64.9 Å². The Balaban J connectivity index is 2.92. The Bertz CT molecular complexity index is 302. The fourth-order valence-corrected chi connectivity index (χ4v) is 1.61. The number of nitrogens with zero attached hydrogens (tertiary/aromatic N) is 1. The van der Waals surface area contributed by atoms with Gasteiger partial charge in [0.1, 0.15) is 0 Å². The molecule has 1 heterocycles. The van der Waals surface area contributed by atoms with Crippen LogP contribution in [0.2, 0.25) is 0 Å². The molecule has 1 aromatic rings. The molecule has 0 aliphatic heterocycles. The first-order chi connectivity index (χ1) is 5.17. The van der Waals surface area contributed by atoms with Gasteiger partial charge < -0.3 is 0 Å². The van der Waals surface area contributed by atoms with Gasteiger partial charge in [0.25, 0.3) is 10.0 Å². The van der Waals surface area contributed by atoms with Crippen molar-refractivity contribution in [3.8, 4) is 0 Å². The zero-order valence-corrected chi connectivity index (χ0v) is 6.85. The summed E-state index contributed by atoms with van der Waals surface area (Å²) in [6.45, 7) is 2.09. The second-order valence-electron chi connectivity index (χ2n) is 1.92. The van der Waals surface area contributed by atoms with Gasteiger partial charge in [-0.2, -0.15) is 5.10 Å². The lowest BCUT2D eigenvalue weighted by molar-refractivity contribution is 0.579. The highest BCUT2D eigenvalue weighted by atomic mass is 32.2. The quantitative estimate of drug-likeness (QED) is 0.662. The van der Waals surface area contributed by atoms with Crippen molar-refractivity contribution in [2.24, 2.45) is 0 Å². The van der Waals surface area contributed by atoms with Crippen LogP contribution in [0.15, 0.2) is 17.3 Å². The zero-order valence-electron chi connectivity index (χ0n) is 6.03. The second-order valence-corrected chi connectivity index (χ2v) is 3.66. The Morgan fingerprint density at radius 1 is 1.73 bits per heavy atom. The lowest BCUT2D eigenvalue weighted by Gasteiger charge is -1.98. The van der Waals surface area contributed by atoms with Crippen LogP contribution in [0.4, 0.5) is 0 Å². The molecule has 0 radical (unpaired) electrons. The number of aromatic amines is 1. The van der Waals surface area contributed by atoms with Gasteiger partial charge in [0, 0.05) is 6.54 Å². The van der Waals surface area contributed by atoms with Crippen molar-refractivity contribution in [2.45, 2.75) is 11.9 Å². The maximum absolute atomic E-state index is 11.1. The average molecular weight is 175 g/mol. The first-order valence-corrected chi connectivity index (χ1v) is 4.64. The predicted octanol–water partition coefficient (Wildman–Crippen LogP) is -0.292. The number of hydrogen-bond donors (Lipinski definition) is 2. The number of H-pyrrole nitrogens is 1. The molecular formula is C5H9N3O2S. The Morgan fingerprint density at radius 3 is 2.91 bits per heavy atom. The number of aromatic nitrogens is 2. The van der Waals surface area contributed by atoms with E-state index >= 15 is 0 Å². The van der Waals surface area contributed by atoms with E-state index in [2.05, 4.69) is 14.9 Å². The maximum atomic E-state index is 11.1. The minimum absolute atomic E-state index is 0.0966. The molecule has 0 atom stereocenters. The maximum Gasteiger partial charge on any atom is 0.257 e. The van der Waals surface area contributed by atoms with Crippen molar-refractivity contribution >= 4 is 10.0 Å². The molecule has 0 aromatic carbocycles. The van der Waals surface area contributed by atoms with Crippen LogP contribution in [0.25, 0.3) is 0 Å². The molecule has 0 unspecified atom stereocenters. The van der Waals surface area contributed by atoms with Gasteiger partial charge in [-0.05, 0) is 6.07 Å². The van der Waals surface area contributed by atoms with E-state index in [0.29, 0.717) is 6.54 Å². The molecule has 5 nitrogen and oxygen atoms in total. The third-order valence-corrected chi connectivity index (χ3v) is 2.57. The van der Waals surface area contributed by atoms with Crippen LogP contribution < -0.4 is 4.72 Å². The van der Waals surface area contributed by atoms with Crippen LogP contribution in [0.3, 0.4) is 0 Å². The Hall–Kier alpha value is -0.880. The summed E-state index contributed by atoms with van der Waals surface area (Å²) in [6, 6.07) is 1.40. The minimum atomic E-state index is -3.34. The van der Waals surface area contributed by atoms with E-state index in [4.69, 9.17) is 0 Å². The van der Waals surface area contributed by atoms with Gasteiger partial charge in [-0.25, -0.2) is 13.1 Å². The fraction of sp³-hybridized carbons (Fsp3) is 0.400. The summed E-state index contributed by atoms with van der Waals surface area (Å²) < 4.78 is 24.5. The molecule has 0 amide bonds. The van der Waals surface area contributed by atoms with E-state index in [-0.39, 0.29) is 5.03 Å². The standard InChI is InChI=1S/C5H9N3O2S/c1-2-7-11(9,10)5-3-4-6-8-5/h3-4,7H,2H2,1H3,(H,6,8). The van der Waals surface area contributed by atoms with Crippen LogP contribution in [0.1, 0.15) is 6.92 Å². The number of rotatable bonds is 3. The Kier molecular flexibility index (Phi) is 2.25. The van der Waals surface area contributed by atoms with Gasteiger partial charge in [0.05, 0.1) is 6.20 Å². The summed E-state index contributed by atoms with van der Waals surface area (Å²) in [6.07, 6.45) is 1.39. The molecule has 0 spiro atoms. The van der Waals surface area contributed by atoms with Crippen LogP contribution >= 0.6 is 0 Å². The van der Waals surface area contributed by atoms with Gasteiger partial charge in [-0.1, -0.05) is 6.92 Å². The Morgan fingerprint density at radius 2 is 2.45 bits per heavy atom. The van der Waals surface area contributed by atoms with Crippen LogP contribution in [0.5, 0.6) is 0 Å². The van der Waals surface area contributed by atoms with Gasteiger partial charge in [-0.15, -0.1) is 0 Å². The minimum Gasteiger partial charge on any atom is -0.266 e. The van der Waals surface area contributed by atoms with Crippen molar-refractivity contribution in [2.75, 3.05) is 6.54 Å². The number of sulfonamides is 1. The van der Waals surface area contributed by atoms with Crippen LogP contribution in [0, 0.1) is 0 Å². The molecule has 6 heteroatoms. The topological polar surface area (TPSA) is 74.8 Å². The van der Waals surface area contributed by atoms with Crippen molar-refractivity contribution < 1.29 is 8.42 Å². The largest absolute Gasteiger partial charge is 0.266 e. The molecule has 11 heavy (non-hydrogen) atoms. The predicted molar refractivity (Wildman–Crippen MR) is 39.5 cm³/mol. The molecule has 0 saturated carbocycles. The van der Waals surface area contributed by atoms with Crippen LogP contribution in [-0.2, 0) is 10.0 Å². The third-order valence-electron chi connectivity index (χ3n) is 1.10. The summed E-state index contributed by atoms with van der Waals surface area (Å²) in [5.41, 5.74) is 0. The molecule has 0 saturated heterocycles. The SMILES string of the molecule is CCNS(=O)(=O)c1ccn[nH]1. The fourth-order valence-electron chi connectivity index (χ4n) is 0.661. The van der Waals surface area contributed by atoms with Crippen molar-refractivity contribution in [1.29, 1.82) is 0 Å². The van der Waals surface area contributed by atoms with Gasteiger partial charge in [0.2, 0.25) is 0 Å². The second kappa shape index (κ2) is 3.02. The highest BCUT2D eigenvalue weighted by Gasteiger charge is 2.12. The summed E-state index contributed by atoms with van der Waals surface area (Å²) in [5.74, 6) is 0. The van der Waals surface area contributed by atoms with Crippen molar-refractivity contribution in [1.82, 2.24) is 14.9 Å². The summed E-state index contributed by atoms with van der Waals surface area (Å²) in [7, 11) is -3.34. The van der Waals surface area contributed by atoms with E-state index in [1.165, 1.54) is 12.3 Å². The summed E-state index contributed by atoms with van der Waals surface area (Å²) in [4.78, 5) is 0. The number of nitrogens with one attached hydrogen (secondary N) is 2. The van der Waals surface area contributed by atoms with E-state index in [9.17, 15) is 8.42 Å². The van der Waals surface area contributed by atoms with E-state index in [1.54, 1.807) is 6.92 Å². The van der Waals surface area contributed by atoms with E-state index in [0.717, 1.165) is 0 Å². The van der Waals surface area contributed by atoms with Crippen LogP contribution in [-0.4, -0.2) is 25.2 Å². The monoisotopic (exact) mass is 175 g/mol. The molecule has 0 bridgehead atoms. The molecular weight excluding hydrogens is 166 g/mol. The molecule has 0 fully saturated rings. The van der Waals surface area contributed by atoms with Gasteiger partial charge in [-0.3, -0.25) is 5.10 Å². The molecule has 2 N–H and O–H groups in total. The highest BCUT2D eigenvalue weighted by Crippen LogP contribution is 2.00. The lowest BCUT2D eigenvalue weighted by atomic mass is 10.8. The van der Waals surface area contributed by atoms with Crippen molar-refractivity contribution in [3.63, 3.8) is 0 Å². The molecule has 1 aromatic heterocycles. The summed E-state index contributed by atoms with van der Waals surface area (Å²) >= 11 is 0. The molecule has 1 rings (SSSR count). The number of hydrogen-bond acceptors (Lipinski definition) is 3. The lowest BCUT2D eigenvalue weighted by Crippen LogP contribution is -2.23. The average Bonchev–Trinajstić information content (AvgIpc) is 2.37. The first kappa shape index (κ1) is 8.22. The highest BCUT2D eigenvalue weighted by molar-refractivity contribution is 7.89. The van der Waals surface area contributed by atoms with E-state index < -0.39 is 10.0 Å². The molecule has 0 aliphatic carbocycles.